The highest BCUT2D eigenvalue weighted by Crippen LogP contribution is 2.67. The van der Waals surface area contributed by atoms with Gasteiger partial charge < -0.3 is 14.7 Å². The van der Waals surface area contributed by atoms with Crippen LogP contribution in [0.1, 0.15) is 69.5 Å². The van der Waals surface area contributed by atoms with Crippen molar-refractivity contribution in [2.75, 3.05) is 14.7 Å². The van der Waals surface area contributed by atoms with Crippen molar-refractivity contribution in [3.8, 4) is 77.9 Å². The smallest absolute Gasteiger partial charge is 0.0726 e. The summed E-state index contributed by atoms with van der Waals surface area (Å²) in [7, 11) is 0. The molecular formula is C141H95N3. The molecule has 0 heterocycles. The van der Waals surface area contributed by atoms with Gasteiger partial charge in [-0.15, -0.1) is 0 Å². The van der Waals surface area contributed by atoms with Crippen LogP contribution in [0.4, 0.5) is 51.2 Å². The van der Waals surface area contributed by atoms with E-state index in [-0.39, 0.29) is 5.41 Å². The molecule has 0 fully saturated rings. The predicted molar refractivity (Wildman–Crippen MR) is 607 cm³/mol. The third-order valence-electron chi connectivity index (χ3n) is 31.7. The molecule has 0 saturated heterocycles. The average molecular weight is 1830 g/mol. The highest BCUT2D eigenvalue weighted by molar-refractivity contribution is 6.13. The van der Waals surface area contributed by atoms with Crippen molar-refractivity contribution < 1.29 is 0 Å². The maximum absolute atomic E-state index is 2.48. The Morgan fingerprint density at radius 2 is 0.410 bits per heavy atom. The zero-order valence-corrected chi connectivity index (χ0v) is 79.7. The summed E-state index contributed by atoms with van der Waals surface area (Å²) < 4.78 is 0. The number of anilines is 9. The van der Waals surface area contributed by atoms with Crippen LogP contribution in [0.15, 0.2) is 540 Å². The standard InChI is InChI=1S/2C51H33N.C39H29N/c1-2-13-34(14-3-1)35-27-30-38(31-28-35)52(39-32-29-37-26-25-36-15-4-5-16-40(36)44(37)33-39)49-24-12-23-48-50(49)43-19-8-11-22-47(43)51(48)45-20-9-6-17-41(45)42-18-7-10-21-46(42)51;1-2-12-34(13-3-1)35-24-27-38(28-25-35)52(39-29-26-37-23-22-36-14-4-5-15-41(36)46(37)32-39)40-30-31-45-44-18-8-11-21-49(44)51(50(45)33-40)47-19-9-6-16-42(47)43-17-7-10-20-48(43)51;1-39(2)37-14-8-7-13-34(37)36-25-32(21-22-38(36)39)40(30-19-17-26-9-3-4-11-29(26)23-30)31-20-18-28-16-15-27-10-5-6-12-33(27)35(28)24-31/h2*1-33H;3-25H,1-2H3. The van der Waals surface area contributed by atoms with Crippen molar-refractivity contribution in [3.05, 3.63) is 596 Å². The molecule has 0 radical (unpaired) electrons. The van der Waals surface area contributed by atoms with Gasteiger partial charge in [0.15, 0.2) is 0 Å². The van der Waals surface area contributed by atoms with Crippen LogP contribution < -0.4 is 14.7 Å². The van der Waals surface area contributed by atoms with Gasteiger partial charge >= 0.3 is 0 Å². The van der Waals surface area contributed by atoms with Crippen LogP contribution in [-0.4, -0.2) is 0 Å². The van der Waals surface area contributed by atoms with Crippen LogP contribution in [0, 0.1) is 0 Å². The molecule has 144 heavy (non-hydrogen) atoms. The van der Waals surface area contributed by atoms with Gasteiger partial charge in [-0.25, -0.2) is 0 Å². The maximum Gasteiger partial charge on any atom is 0.0726 e. The fraction of sp³-hybridized carbons (Fsp3) is 0.0355. The van der Waals surface area contributed by atoms with Crippen molar-refractivity contribution in [2.24, 2.45) is 0 Å². The Morgan fingerprint density at radius 3 is 0.868 bits per heavy atom. The Bertz CT molecular complexity index is 9310. The maximum atomic E-state index is 2.48. The molecule has 25 aromatic carbocycles. The lowest BCUT2D eigenvalue weighted by Gasteiger charge is -2.32. The Balaban J connectivity index is 0.000000106. The minimum absolute atomic E-state index is 0.0138. The second kappa shape index (κ2) is 33.5. The van der Waals surface area contributed by atoms with E-state index in [1.165, 1.54) is 220 Å². The molecule has 0 aromatic heterocycles. The lowest BCUT2D eigenvalue weighted by molar-refractivity contribution is 0.660. The van der Waals surface area contributed by atoms with E-state index >= 15 is 0 Å². The van der Waals surface area contributed by atoms with Crippen LogP contribution in [0.3, 0.4) is 0 Å². The quantitative estimate of drug-likeness (QED) is 0.120. The number of nitrogens with zero attached hydrogens (tertiary/aromatic N) is 3. The van der Waals surface area contributed by atoms with E-state index in [0.29, 0.717) is 0 Å². The van der Waals surface area contributed by atoms with Gasteiger partial charge in [-0.3, -0.25) is 0 Å². The molecule has 2 spiro atoms. The molecule has 0 unspecified atom stereocenters. The molecule has 5 aliphatic carbocycles. The van der Waals surface area contributed by atoms with Crippen molar-refractivity contribution in [1.29, 1.82) is 0 Å². The van der Waals surface area contributed by atoms with Crippen molar-refractivity contribution >= 4 is 127 Å². The molecule has 5 aliphatic rings. The van der Waals surface area contributed by atoms with Gasteiger partial charge in [0.1, 0.15) is 0 Å². The van der Waals surface area contributed by atoms with Gasteiger partial charge in [0, 0.05) is 56.5 Å². The summed E-state index contributed by atoms with van der Waals surface area (Å²) in [5.74, 6) is 0. The second-order valence-electron chi connectivity index (χ2n) is 39.5. The molecular weight excluding hydrogens is 1740 g/mol. The number of fused-ring (bicyclic) bond motifs is 33. The van der Waals surface area contributed by atoms with Gasteiger partial charge in [-0.05, 0) is 306 Å². The van der Waals surface area contributed by atoms with Crippen molar-refractivity contribution in [1.82, 2.24) is 0 Å². The van der Waals surface area contributed by atoms with Gasteiger partial charge in [0.05, 0.1) is 16.5 Å². The Kier molecular flexibility index (Phi) is 19.5. The third-order valence-corrected chi connectivity index (χ3v) is 31.7. The topological polar surface area (TPSA) is 9.72 Å². The lowest BCUT2D eigenvalue weighted by atomic mass is 9.70. The summed E-state index contributed by atoms with van der Waals surface area (Å²) in [6.45, 7) is 4.68. The Labute approximate surface area is 838 Å². The minimum Gasteiger partial charge on any atom is -0.310 e. The largest absolute Gasteiger partial charge is 0.310 e. The van der Waals surface area contributed by atoms with E-state index in [1.807, 2.05) is 0 Å². The normalized spacial score (nSPS) is 13.2. The van der Waals surface area contributed by atoms with Crippen LogP contribution in [0.5, 0.6) is 0 Å². The summed E-state index contributed by atoms with van der Waals surface area (Å²) in [5, 5.41) is 17.6. The van der Waals surface area contributed by atoms with E-state index in [0.717, 1.165) is 39.8 Å². The molecule has 3 heteroatoms. The second-order valence-corrected chi connectivity index (χ2v) is 39.5. The fourth-order valence-electron chi connectivity index (χ4n) is 25.3. The zero-order valence-electron chi connectivity index (χ0n) is 79.7. The fourth-order valence-corrected chi connectivity index (χ4v) is 25.3. The number of hydrogen-bond donors (Lipinski definition) is 0. The van der Waals surface area contributed by atoms with E-state index < -0.39 is 10.8 Å². The first-order chi connectivity index (χ1) is 71.2. The molecule has 3 nitrogen and oxygen atoms in total. The van der Waals surface area contributed by atoms with Crippen LogP contribution in [0.25, 0.3) is 153 Å². The summed E-state index contributed by atoms with van der Waals surface area (Å²) in [6.07, 6.45) is 0. The first-order valence-electron chi connectivity index (χ1n) is 50.2. The summed E-state index contributed by atoms with van der Waals surface area (Å²) >= 11 is 0. The van der Waals surface area contributed by atoms with Gasteiger partial charge in [-0.1, -0.05) is 451 Å². The SMILES string of the molecule is CC1(C)c2ccccc2-c2cc(N(c3ccc4ccccc4c3)c3ccc4ccc5ccccc5c4c3)ccc21.c1ccc(-c2ccc(N(c3ccc4c(c3)C3(c5ccccc5-c5ccccc53)c3ccccc3-4)c3ccc4ccc5ccccc5c4c3)cc2)cc1.c1ccc(-c2ccc(N(c3ccc4ccc5ccccc5c4c3)c3cccc4c3-c3ccccc3C43c4ccccc4-c4ccccc43)cc2)cc1. The molecule has 0 saturated carbocycles. The van der Waals surface area contributed by atoms with Crippen LogP contribution >= 0.6 is 0 Å². The lowest BCUT2D eigenvalue weighted by Crippen LogP contribution is -2.26. The van der Waals surface area contributed by atoms with Gasteiger partial charge in [-0.2, -0.15) is 0 Å². The van der Waals surface area contributed by atoms with E-state index in [1.54, 1.807) is 0 Å². The van der Waals surface area contributed by atoms with Gasteiger partial charge in [0.25, 0.3) is 0 Å². The molecule has 0 N–H and O–H groups in total. The average Bonchev–Trinajstić information content (AvgIpc) is 1.51. The first-order valence-corrected chi connectivity index (χ1v) is 50.2. The first kappa shape index (κ1) is 83.8. The summed E-state index contributed by atoms with van der Waals surface area (Å²) in [5.41, 5.74) is 41.1. The molecule has 30 rings (SSSR count). The van der Waals surface area contributed by atoms with Gasteiger partial charge in [0.2, 0.25) is 0 Å². The molecule has 674 valence electrons. The Morgan fingerprint density at radius 1 is 0.139 bits per heavy atom. The molecule has 0 bridgehead atoms. The summed E-state index contributed by atoms with van der Waals surface area (Å²) in [6, 6.07) is 199. The number of benzene rings is 25. The zero-order chi connectivity index (χ0) is 95.3. The van der Waals surface area contributed by atoms with Crippen LogP contribution in [0.2, 0.25) is 0 Å². The molecule has 25 aromatic rings. The van der Waals surface area contributed by atoms with E-state index in [4.69, 9.17) is 0 Å². The highest BCUT2D eigenvalue weighted by Gasteiger charge is 2.54. The monoisotopic (exact) mass is 1830 g/mol. The van der Waals surface area contributed by atoms with Crippen molar-refractivity contribution in [2.45, 2.75) is 30.1 Å². The third kappa shape index (κ3) is 13.1. The van der Waals surface area contributed by atoms with E-state index in [2.05, 4.69) is 568 Å². The predicted octanol–water partition coefficient (Wildman–Crippen LogP) is 37.9. The van der Waals surface area contributed by atoms with Crippen LogP contribution in [-0.2, 0) is 16.2 Å². The molecule has 0 atom stereocenters. The minimum atomic E-state index is -0.405. The number of rotatable bonds is 11. The van der Waals surface area contributed by atoms with Crippen molar-refractivity contribution in [3.63, 3.8) is 0 Å². The molecule has 0 aliphatic heterocycles. The number of hydrogen-bond acceptors (Lipinski definition) is 3. The Hall–Kier alpha value is -18.3. The summed E-state index contributed by atoms with van der Waals surface area (Å²) in [4.78, 5) is 7.35. The van der Waals surface area contributed by atoms with E-state index in [9.17, 15) is 0 Å². The molecule has 0 amide bonds. The highest BCUT2D eigenvalue weighted by atomic mass is 15.2.